The molecule has 4 rings (SSSR count). The molecule has 0 spiro atoms. The summed E-state index contributed by atoms with van der Waals surface area (Å²) >= 11 is 0. The van der Waals surface area contributed by atoms with Gasteiger partial charge in [0.25, 0.3) is 5.08 Å². The first-order valence-electron chi connectivity index (χ1n) is 9.08. The van der Waals surface area contributed by atoms with Crippen molar-refractivity contribution >= 4 is 20.8 Å². The second kappa shape index (κ2) is 7.29. The molecule has 158 valence electrons. The number of para-hydroxylation sites is 1. The monoisotopic (exact) mass is 450 g/mol. The standard InChI is InChI=1S/C20H20O8P2/c21-20(29(22,23)24,30(25,26)27)12-13-5-3-6-14(11-13)15-8-4-9-17-16-7-1-2-10-18(16)28-19(15)17/h1-11,15,19,21H,12H2,(H2,22,23,24)(H2,25,26,27)/t15-,19?/m1/s1. The largest absolute Gasteiger partial charge is 0.484 e. The van der Waals surface area contributed by atoms with Crippen molar-refractivity contribution in [1.82, 2.24) is 0 Å². The van der Waals surface area contributed by atoms with Crippen LogP contribution in [0.3, 0.4) is 0 Å². The fraction of sp³-hybridized carbons (Fsp3) is 0.200. The number of allylic oxidation sites excluding steroid dienone is 2. The van der Waals surface area contributed by atoms with Crippen molar-refractivity contribution in [3.8, 4) is 5.75 Å². The summed E-state index contributed by atoms with van der Waals surface area (Å²) in [6.45, 7) is 0. The van der Waals surface area contributed by atoms with Crippen LogP contribution < -0.4 is 4.74 Å². The Morgan fingerprint density at radius 3 is 2.37 bits per heavy atom. The molecule has 0 bridgehead atoms. The Hall–Kier alpha value is -2.02. The molecule has 8 nitrogen and oxygen atoms in total. The van der Waals surface area contributed by atoms with Crippen molar-refractivity contribution in [2.75, 3.05) is 0 Å². The van der Waals surface area contributed by atoms with Crippen molar-refractivity contribution in [2.45, 2.75) is 23.5 Å². The van der Waals surface area contributed by atoms with Gasteiger partial charge in [-0.3, -0.25) is 9.13 Å². The molecule has 2 aromatic carbocycles. The Balaban J connectivity index is 1.67. The first kappa shape index (κ1) is 21.2. The van der Waals surface area contributed by atoms with Crippen molar-refractivity contribution in [3.05, 3.63) is 83.4 Å². The number of rotatable bonds is 5. The van der Waals surface area contributed by atoms with Gasteiger partial charge in [-0.1, -0.05) is 60.7 Å². The van der Waals surface area contributed by atoms with Crippen LogP contribution in [-0.2, 0) is 15.6 Å². The molecule has 30 heavy (non-hydrogen) atoms. The zero-order valence-corrected chi connectivity index (χ0v) is 17.4. The number of ether oxygens (including phenoxy) is 1. The van der Waals surface area contributed by atoms with Crippen molar-refractivity contribution in [3.63, 3.8) is 0 Å². The molecule has 2 atom stereocenters. The highest BCUT2D eigenvalue weighted by atomic mass is 31.2. The van der Waals surface area contributed by atoms with Gasteiger partial charge in [0.1, 0.15) is 11.9 Å². The molecule has 0 saturated heterocycles. The molecule has 2 aliphatic rings. The van der Waals surface area contributed by atoms with E-state index in [1.54, 1.807) is 18.2 Å². The van der Waals surface area contributed by atoms with Crippen LogP contribution >= 0.6 is 15.2 Å². The van der Waals surface area contributed by atoms with Crippen molar-refractivity contribution in [2.24, 2.45) is 0 Å². The van der Waals surface area contributed by atoms with Crippen molar-refractivity contribution < 1.29 is 38.5 Å². The Morgan fingerprint density at radius 2 is 1.67 bits per heavy atom. The second-order valence-electron chi connectivity index (χ2n) is 7.35. The maximum atomic E-state index is 11.7. The fourth-order valence-corrected chi connectivity index (χ4v) is 5.97. The lowest BCUT2D eigenvalue weighted by atomic mass is 9.83. The van der Waals surface area contributed by atoms with E-state index in [4.69, 9.17) is 4.74 Å². The van der Waals surface area contributed by atoms with Crippen LogP contribution in [0.1, 0.15) is 22.6 Å². The highest BCUT2D eigenvalue weighted by Crippen LogP contribution is 2.68. The minimum Gasteiger partial charge on any atom is -0.484 e. The summed E-state index contributed by atoms with van der Waals surface area (Å²) < 4.78 is 29.5. The molecule has 0 amide bonds. The maximum Gasteiger partial charge on any atom is 0.369 e. The molecule has 1 aliphatic carbocycles. The third-order valence-electron chi connectivity index (χ3n) is 5.39. The Bertz CT molecular complexity index is 1120. The minimum absolute atomic E-state index is 0.182. The van der Waals surface area contributed by atoms with Crippen LogP contribution in [0.15, 0.2) is 66.8 Å². The Kier molecular flexibility index (Phi) is 5.16. The summed E-state index contributed by atoms with van der Waals surface area (Å²) in [7, 11) is -11.1. The molecule has 0 radical (unpaired) electrons. The lowest BCUT2D eigenvalue weighted by Gasteiger charge is -2.30. The second-order valence-corrected chi connectivity index (χ2v) is 11.4. The van der Waals surface area contributed by atoms with Gasteiger partial charge in [-0.05, 0) is 17.2 Å². The van der Waals surface area contributed by atoms with Gasteiger partial charge >= 0.3 is 15.2 Å². The number of benzene rings is 2. The molecule has 0 aromatic heterocycles. The predicted molar refractivity (Wildman–Crippen MR) is 110 cm³/mol. The lowest BCUT2D eigenvalue weighted by molar-refractivity contribution is 0.131. The smallest absolute Gasteiger partial charge is 0.369 e. The zero-order valence-electron chi connectivity index (χ0n) is 15.6. The normalized spacial score (nSPS) is 20.9. The zero-order chi connectivity index (χ0) is 21.7. The van der Waals surface area contributed by atoms with E-state index in [0.29, 0.717) is 0 Å². The highest BCUT2D eigenvalue weighted by molar-refractivity contribution is 7.72. The molecule has 0 fully saturated rings. The molecule has 1 heterocycles. The average Bonchev–Trinajstić information content (AvgIpc) is 3.05. The summed E-state index contributed by atoms with van der Waals surface area (Å²) in [5, 5.41) is 6.74. The number of fused-ring (bicyclic) bond motifs is 3. The molecule has 1 unspecified atom stereocenters. The molecular weight excluding hydrogens is 430 g/mol. The third-order valence-corrected chi connectivity index (χ3v) is 9.13. The first-order valence-corrected chi connectivity index (χ1v) is 12.3. The Morgan fingerprint density at radius 1 is 0.967 bits per heavy atom. The third kappa shape index (κ3) is 3.51. The van der Waals surface area contributed by atoms with E-state index >= 15 is 0 Å². The van der Waals surface area contributed by atoms with Crippen LogP contribution in [0.2, 0.25) is 0 Å². The highest BCUT2D eigenvalue weighted by Gasteiger charge is 2.59. The molecule has 1 aliphatic heterocycles. The van der Waals surface area contributed by atoms with Crippen LogP contribution in [0, 0.1) is 0 Å². The van der Waals surface area contributed by atoms with E-state index in [0.717, 1.165) is 22.4 Å². The molecule has 2 aromatic rings. The van der Waals surface area contributed by atoms with E-state index in [2.05, 4.69) is 0 Å². The van der Waals surface area contributed by atoms with Gasteiger partial charge in [0.15, 0.2) is 0 Å². The van der Waals surface area contributed by atoms with Gasteiger partial charge in [-0.2, -0.15) is 0 Å². The van der Waals surface area contributed by atoms with Crippen LogP contribution in [0.5, 0.6) is 5.75 Å². The summed E-state index contributed by atoms with van der Waals surface area (Å²) in [5.74, 6) is 0.534. The molecular formula is C20H20O8P2. The van der Waals surface area contributed by atoms with E-state index in [1.807, 2.05) is 42.5 Å². The van der Waals surface area contributed by atoms with E-state index in [1.165, 1.54) is 6.07 Å². The summed E-state index contributed by atoms with van der Waals surface area (Å²) in [6, 6.07) is 14.1. The van der Waals surface area contributed by atoms with Gasteiger partial charge in [0, 0.05) is 23.5 Å². The average molecular weight is 450 g/mol. The van der Waals surface area contributed by atoms with E-state index in [9.17, 15) is 33.8 Å². The maximum absolute atomic E-state index is 11.7. The predicted octanol–water partition coefficient (Wildman–Crippen LogP) is 2.73. The lowest BCUT2D eigenvalue weighted by Crippen LogP contribution is -2.31. The first-order chi connectivity index (χ1) is 14.0. The summed E-state index contributed by atoms with van der Waals surface area (Å²) in [5.41, 5.74) is 2.91. The summed E-state index contributed by atoms with van der Waals surface area (Å²) in [6.07, 6.45) is 4.59. The van der Waals surface area contributed by atoms with Crippen molar-refractivity contribution in [1.29, 1.82) is 0 Å². The van der Waals surface area contributed by atoms with E-state index < -0.39 is 26.7 Å². The molecule has 10 heteroatoms. The van der Waals surface area contributed by atoms with Crippen LogP contribution in [0.4, 0.5) is 0 Å². The topological polar surface area (TPSA) is 145 Å². The molecule has 5 N–H and O–H groups in total. The fourth-order valence-electron chi connectivity index (χ4n) is 3.84. The number of hydrogen-bond donors (Lipinski definition) is 5. The van der Waals surface area contributed by atoms with Gasteiger partial charge in [0.2, 0.25) is 0 Å². The molecule has 0 saturated carbocycles. The van der Waals surface area contributed by atoms with Gasteiger partial charge in [0.05, 0.1) is 0 Å². The van der Waals surface area contributed by atoms with Crippen LogP contribution in [0.25, 0.3) is 5.57 Å². The van der Waals surface area contributed by atoms with Crippen LogP contribution in [-0.4, -0.2) is 35.9 Å². The number of hydrogen-bond acceptors (Lipinski definition) is 4. The van der Waals surface area contributed by atoms with Gasteiger partial charge in [-0.15, -0.1) is 0 Å². The minimum atomic E-state index is -5.53. The van der Waals surface area contributed by atoms with Gasteiger partial charge < -0.3 is 29.4 Å². The Labute approximate surface area is 172 Å². The quantitative estimate of drug-likeness (QED) is 0.438. The van der Waals surface area contributed by atoms with Gasteiger partial charge in [-0.25, -0.2) is 0 Å². The summed E-state index contributed by atoms with van der Waals surface area (Å²) in [4.78, 5) is 37.6. The number of aliphatic hydroxyl groups is 1. The SMILES string of the molecule is O=P(O)(O)C(O)(Cc1cccc([C@H]2C=CC=C3c4ccccc4OC32)c1)P(=O)(O)O. The van der Waals surface area contributed by atoms with E-state index in [-0.39, 0.29) is 17.6 Å².